The monoisotopic (exact) mass is 202 g/mol. The average molecular weight is 202 g/mol. The van der Waals surface area contributed by atoms with E-state index < -0.39 is 11.9 Å². The van der Waals surface area contributed by atoms with E-state index in [9.17, 15) is 9.59 Å². The number of likely N-dealkylation sites (N-methyl/N-ethyl adjacent to an activating group) is 2. The second-order valence-electron chi connectivity index (χ2n) is 3.25. The van der Waals surface area contributed by atoms with E-state index in [-0.39, 0.29) is 6.61 Å². The summed E-state index contributed by atoms with van der Waals surface area (Å²) >= 11 is 0. The fourth-order valence-electron chi connectivity index (χ4n) is 0.800. The van der Waals surface area contributed by atoms with Crippen molar-refractivity contribution in [3.63, 3.8) is 0 Å². The third kappa shape index (κ3) is 4.81. The van der Waals surface area contributed by atoms with Crippen molar-refractivity contribution in [2.75, 3.05) is 40.8 Å². The van der Waals surface area contributed by atoms with Crippen molar-refractivity contribution in [2.45, 2.75) is 6.92 Å². The first kappa shape index (κ1) is 12.9. The molecule has 14 heavy (non-hydrogen) atoms. The summed E-state index contributed by atoms with van der Waals surface area (Å²) in [5.74, 6) is -1.37. The van der Waals surface area contributed by atoms with Crippen LogP contribution >= 0.6 is 0 Å². The van der Waals surface area contributed by atoms with Crippen LogP contribution in [-0.2, 0) is 14.3 Å². The van der Waals surface area contributed by atoms with Gasteiger partial charge in [-0.1, -0.05) is 0 Å². The lowest BCUT2D eigenvalue weighted by Crippen LogP contribution is -2.38. The Morgan fingerprint density at radius 2 is 1.71 bits per heavy atom. The van der Waals surface area contributed by atoms with Gasteiger partial charge in [0.15, 0.2) is 0 Å². The van der Waals surface area contributed by atoms with Crippen molar-refractivity contribution in [3.05, 3.63) is 0 Å². The largest absolute Gasteiger partial charge is 0.459 e. The summed E-state index contributed by atoms with van der Waals surface area (Å²) < 4.78 is 4.59. The summed E-state index contributed by atoms with van der Waals surface area (Å²) in [4.78, 5) is 25.6. The Morgan fingerprint density at radius 1 is 1.14 bits per heavy atom. The van der Waals surface area contributed by atoms with E-state index in [1.807, 2.05) is 19.0 Å². The van der Waals surface area contributed by atoms with Crippen LogP contribution in [0.3, 0.4) is 0 Å². The molecule has 0 unspecified atom stereocenters. The highest BCUT2D eigenvalue weighted by Crippen LogP contribution is 1.89. The third-order valence-corrected chi connectivity index (χ3v) is 1.68. The summed E-state index contributed by atoms with van der Waals surface area (Å²) in [6.45, 7) is 3.14. The molecule has 0 rings (SSSR count). The molecule has 0 saturated heterocycles. The van der Waals surface area contributed by atoms with Crippen molar-refractivity contribution in [1.82, 2.24) is 9.80 Å². The smallest absolute Gasteiger partial charge is 0.396 e. The zero-order chi connectivity index (χ0) is 11.1. The standard InChI is InChI=1S/C9H18N2O3/c1-5-14-9(13)8(12)11(4)7-6-10(2)3/h5-7H2,1-4H3. The SMILES string of the molecule is CCOC(=O)C(=O)N(C)CCN(C)C. The summed E-state index contributed by atoms with van der Waals surface area (Å²) in [6, 6.07) is 0. The Bertz CT molecular complexity index is 204. The van der Waals surface area contributed by atoms with Gasteiger partial charge in [-0.25, -0.2) is 4.79 Å². The fraction of sp³-hybridized carbons (Fsp3) is 0.778. The summed E-state index contributed by atoms with van der Waals surface area (Å²) in [6.07, 6.45) is 0. The first-order chi connectivity index (χ1) is 6.49. The zero-order valence-electron chi connectivity index (χ0n) is 9.24. The molecule has 0 aromatic rings. The molecular formula is C9H18N2O3. The molecule has 0 aliphatic heterocycles. The van der Waals surface area contributed by atoms with Crippen LogP contribution in [0.15, 0.2) is 0 Å². The maximum Gasteiger partial charge on any atom is 0.396 e. The molecule has 0 spiro atoms. The van der Waals surface area contributed by atoms with Gasteiger partial charge in [-0.2, -0.15) is 0 Å². The predicted octanol–water partition coefficient (Wildman–Crippen LogP) is -0.430. The maximum atomic E-state index is 11.3. The number of rotatable bonds is 4. The highest BCUT2D eigenvalue weighted by Gasteiger charge is 2.19. The Morgan fingerprint density at radius 3 is 2.14 bits per heavy atom. The first-order valence-corrected chi connectivity index (χ1v) is 4.56. The lowest BCUT2D eigenvalue weighted by Gasteiger charge is -2.18. The zero-order valence-corrected chi connectivity index (χ0v) is 9.24. The van der Waals surface area contributed by atoms with Crippen LogP contribution in [0.1, 0.15) is 6.92 Å². The number of hydrogen-bond acceptors (Lipinski definition) is 4. The number of carbonyl (C=O) groups is 2. The summed E-state index contributed by atoms with van der Waals surface area (Å²) in [5.41, 5.74) is 0. The van der Waals surface area contributed by atoms with E-state index >= 15 is 0 Å². The molecule has 82 valence electrons. The molecule has 0 radical (unpaired) electrons. The second-order valence-corrected chi connectivity index (χ2v) is 3.25. The van der Waals surface area contributed by atoms with Crippen LogP contribution in [0.4, 0.5) is 0 Å². The minimum atomic E-state index is -0.784. The van der Waals surface area contributed by atoms with Gasteiger partial charge in [-0.3, -0.25) is 4.79 Å². The van der Waals surface area contributed by atoms with Gasteiger partial charge < -0.3 is 14.5 Å². The van der Waals surface area contributed by atoms with E-state index in [1.165, 1.54) is 4.90 Å². The van der Waals surface area contributed by atoms with E-state index in [0.29, 0.717) is 6.54 Å². The highest BCUT2D eigenvalue weighted by atomic mass is 16.5. The van der Waals surface area contributed by atoms with Gasteiger partial charge in [0.25, 0.3) is 0 Å². The normalized spacial score (nSPS) is 10.1. The molecule has 0 atom stereocenters. The molecule has 0 aliphatic rings. The van der Waals surface area contributed by atoms with Crippen molar-refractivity contribution < 1.29 is 14.3 Å². The highest BCUT2D eigenvalue weighted by molar-refractivity contribution is 6.32. The van der Waals surface area contributed by atoms with Gasteiger partial charge in [-0.05, 0) is 21.0 Å². The number of amides is 1. The third-order valence-electron chi connectivity index (χ3n) is 1.68. The molecule has 0 saturated carbocycles. The van der Waals surface area contributed by atoms with Crippen LogP contribution < -0.4 is 0 Å². The Balaban J connectivity index is 3.92. The number of carbonyl (C=O) groups excluding carboxylic acids is 2. The van der Waals surface area contributed by atoms with Crippen molar-refractivity contribution >= 4 is 11.9 Å². The van der Waals surface area contributed by atoms with Gasteiger partial charge in [0.1, 0.15) is 0 Å². The number of nitrogens with zero attached hydrogens (tertiary/aromatic N) is 2. The minimum Gasteiger partial charge on any atom is -0.459 e. The van der Waals surface area contributed by atoms with E-state index in [2.05, 4.69) is 4.74 Å². The second kappa shape index (κ2) is 6.37. The molecule has 0 aliphatic carbocycles. The Hall–Kier alpha value is -1.10. The Kier molecular flexibility index (Phi) is 5.87. The summed E-state index contributed by atoms with van der Waals surface area (Å²) in [7, 11) is 5.40. The fourth-order valence-corrected chi connectivity index (χ4v) is 0.800. The molecule has 5 heteroatoms. The van der Waals surface area contributed by atoms with E-state index in [4.69, 9.17) is 0 Å². The topological polar surface area (TPSA) is 49.9 Å². The summed E-state index contributed by atoms with van der Waals surface area (Å²) in [5, 5.41) is 0. The lowest BCUT2D eigenvalue weighted by atomic mass is 10.4. The first-order valence-electron chi connectivity index (χ1n) is 4.56. The van der Waals surface area contributed by atoms with Crippen molar-refractivity contribution in [3.8, 4) is 0 Å². The van der Waals surface area contributed by atoms with Gasteiger partial charge in [0, 0.05) is 20.1 Å². The van der Waals surface area contributed by atoms with Crippen LogP contribution in [-0.4, -0.2) is 62.5 Å². The van der Waals surface area contributed by atoms with E-state index in [0.717, 1.165) is 6.54 Å². The molecule has 0 bridgehead atoms. The Labute approximate surface area is 84.6 Å². The number of ether oxygens (including phenoxy) is 1. The quantitative estimate of drug-likeness (QED) is 0.458. The number of hydrogen-bond donors (Lipinski definition) is 0. The molecule has 0 aromatic heterocycles. The molecule has 1 amide bonds. The predicted molar refractivity (Wildman–Crippen MR) is 52.8 cm³/mol. The van der Waals surface area contributed by atoms with Gasteiger partial charge in [0.2, 0.25) is 0 Å². The molecule has 0 fully saturated rings. The molecular weight excluding hydrogens is 184 g/mol. The minimum absolute atomic E-state index is 0.228. The van der Waals surface area contributed by atoms with Crippen LogP contribution in [0, 0.1) is 0 Å². The maximum absolute atomic E-state index is 11.3. The van der Waals surface area contributed by atoms with Gasteiger partial charge in [-0.15, -0.1) is 0 Å². The van der Waals surface area contributed by atoms with Gasteiger partial charge in [0.05, 0.1) is 6.61 Å². The van der Waals surface area contributed by atoms with Crippen LogP contribution in [0.5, 0.6) is 0 Å². The van der Waals surface area contributed by atoms with Gasteiger partial charge >= 0.3 is 11.9 Å². The average Bonchev–Trinajstić information content (AvgIpc) is 2.13. The number of esters is 1. The lowest BCUT2D eigenvalue weighted by molar-refractivity contribution is -0.159. The molecule has 0 heterocycles. The molecule has 0 N–H and O–H groups in total. The van der Waals surface area contributed by atoms with Crippen molar-refractivity contribution in [1.29, 1.82) is 0 Å². The van der Waals surface area contributed by atoms with E-state index in [1.54, 1.807) is 14.0 Å². The molecule has 5 nitrogen and oxygen atoms in total. The van der Waals surface area contributed by atoms with Crippen molar-refractivity contribution in [2.24, 2.45) is 0 Å². The van der Waals surface area contributed by atoms with Crippen LogP contribution in [0.2, 0.25) is 0 Å². The van der Waals surface area contributed by atoms with Crippen LogP contribution in [0.25, 0.3) is 0 Å². The molecule has 0 aromatic carbocycles.